The van der Waals surface area contributed by atoms with E-state index in [1.807, 2.05) is 11.5 Å². The summed E-state index contributed by atoms with van der Waals surface area (Å²) in [5.74, 6) is -0.212. The van der Waals surface area contributed by atoms with Gasteiger partial charge in [-0.3, -0.25) is 4.79 Å². The number of ether oxygens (including phenoxy) is 1. The van der Waals surface area contributed by atoms with Crippen LogP contribution in [0.4, 0.5) is 0 Å². The molecule has 0 saturated heterocycles. The van der Waals surface area contributed by atoms with E-state index in [0.29, 0.717) is 23.5 Å². The van der Waals surface area contributed by atoms with Gasteiger partial charge in [-0.2, -0.15) is 0 Å². The molecule has 2 aromatic rings. The van der Waals surface area contributed by atoms with E-state index in [1.165, 1.54) is 0 Å². The van der Waals surface area contributed by atoms with Crippen LogP contribution in [0.3, 0.4) is 0 Å². The molecule has 0 N–H and O–H groups in total. The Morgan fingerprint density at radius 3 is 2.71 bits per heavy atom. The van der Waals surface area contributed by atoms with Crippen LogP contribution in [-0.4, -0.2) is 22.1 Å². The molecule has 0 aliphatic heterocycles. The largest absolute Gasteiger partial charge is 0.462 e. The van der Waals surface area contributed by atoms with E-state index in [2.05, 4.69) is 18.8 Å². The maximum absolute atomic E-state index is 12.4. The third kappa shape index (κ3) is 3.12. The normalized spacial score (nSPS) is 11.1. The van der Waals surface area contributed by atoms with Crippen molar-refractivity contribution in [2.75, 3.05) is 6.61 Å². The number of aryl methyl sites for hydroxylation is 1. The molecule has 0 spiro atoms. The summed E-state index contributed by atoms with van der Waals surface area (Å²) in [6.45, 7) is 8.67. The van der Waals surface area contributed by atoms with Gasteiger partial charge < -0.3 is 9.30 Å². The Bertz CT molecular complexity index is 732. The Hall–Kier alpha value is -2.17. The lowest BCUT2D eigenvalue weighted by Crippen LogP contribution is -2.22. The second kappa shape index (κ2) is 6.08. The number of aromatic nitrogens is 2. The molecule has 0 aliphatic rings. The third-order valence-electron chi connectivity index (χ3n) is 3.12. The lowest BCUT2D eigenvalue weighted by Gasteiger charge is -2.14. The van der Waals surface area contributed by atoms with Crippen molar-refractivity contribution in [2.45, 2.75) is 34.2 Å². The fraction of sp³-hybridized carbons (Fsp3) is 0.438. The summed E-state index contributed by atoms with van der Waals surface area (Å²) < 4.78 is 6.83. The molecule has 0 saturated carbocycles. The molecule has 0 radical (unpaired) electrons. The van der Waals surface area contributed by atoms with Crippen LogP contribution in [0.2, 0.25) is 0 Å². The fourth-order valence-electron chi connectivity index (χ4n) is 2.25. The van der Waals surface area contributed by atoms with Crippen molar-refractivity contribution in [3.8, 4) is 0 Å². The highest BCUT2D eigenvalue weighted by atomic mass is 16.5. The topological polar surface area (TPSA) is 61.2 Å². The van der Waals surface area contributed by atoms with Crippen LogP contribution in [0.1, 0.15) is 36.8 Å². The summed E-state index contributed by atoms with van der Waals surface area (Å²) in [5.41, 5.74) is 1.19. The molecule has 0 bridgehead atoms. The van der Waals surface area contributed by atoms with Crippen LogP contribution in [0.15, 0.2) is 23.1 Å². The lowest BCUT2D eigenvalue weighted by molar-refractivity contribution is 0.0524. The first-order chi connectivity index (χ1) is 9.93. The molecule has 0 fully saturated rings. The zero-order valence-corrected chi connectivity index (χ0v) is 12.8. The Balaban J connectivity index is 2.72. The van der Waals surface area contributed by atoms with Crippen LogP contribution in [0, 0.1) is 12.8 Å². The van der Waals surface area contributed by atoms with E-state index in [4.69, 9.17) is 4.74 Å². The number of carbonyl (C=O) groups excluding carboxylic acids is 1. The van der Waals surface area contributed by atoms with Crippen LogP contribution in [0.5, 0.6) is 0 Å². The lowest BCUT2D eigenvalue weighted by atomic mass is 10.1. The summed E-state index contributed by atoms with van der Waals surface area (Å²) in [6.07, 6.45) is 1.56. The zero-order valence-electron chi connectivity index (χ0n) is 12.8. The van der Waals surface area contributed by atoms with Crippen molar-refractivity contribution in [1.82, 2.24) is 9.55 Å². The Morgan fingerprint density at radius 2 is 2.10 bits per heavy atom. The van der Waals surface area contributed by atoms with Crippen LogP contribution >= 0.6 is 0 Å². The number of rotatable bonds is 4. The van der Waals surface area contributed by atoms with Crippen molar-refractivity contribution in [2.24, 2.45) is 5.92 Å². The highest BCUT2D eigenvalue weighted by molar-refractivity contribution is 5.93. The number of esters is 1. The monoisotopic (exact) mass is 288 g/mol. The average Bonchev–Trinajstić information content (AvgIpc) is 2.41. The van der Waals surface area contributed by atoms with Crippen LogP contribution in [-0.2, 0) is 11.3 Å². The molecular weight excluding hydrogens is 268 g/mol. The quantitative estimate of drug-likeness (QED) is 0.811. The molecule has 2 rings (SSSR count). The second-order valence-corrected chi connectivity index (χ2v) is 5.46. The first-order valence-corrected chi connectivity index (χ1v) is 7.12. The second-order valence-electron chi connectivity index (χ2n) is 5.46. The highest BCUT2D eigenvalue weighted by Crippen LogP contribution is 2.13. The molecule has 0 amide bonds. The van der Waals surface area contributed by atoms with Crippen LogP contribution in [0.25, 0.3) is 11.0 Å². The van der Waals surface area contributed by atoms with Gasteiger partial charge in [0, 0.05) is 18.4 Å². The minimum absolute atomic E-state index is 0.0654. The van der Waals surface area contributed by atoms with E-state index in [1.54, 1.807) is 25.3 Å². The summed E-state index contributed by atoms with van der Waals surface area (Å²) in [4.78, 5) is 28.8. The number of nitrogens with zero attached hydrogens (tertiary/aromatic N) is 2. The van der Waals surface area contributed by atoms with E-state index < -0.39 is 5.97 Å². The van der Waals surface area contributed by atoms with Gasteiger partial charge in [0.15, 0.2) is 0 Å². The van der Waals surface area contributed by atoms with Gasteiger partial charge in [0.1, 0.15) is 11.2 Å². The van der Waals surface area contributed by atoms with Gasteiger partial charge in [-0.05, 0) is 31.9 Å². The predicted molar refractivity (Wildman–Crippen MR) is 81.5 cm³/mol. The first-order valence-electron chi connectivity index (χ1n) is 7.12. The molecule has 5 nitrogen and oxygen atoms in total. The molecule has 0 aromatic carbocycles. The van der Waals surface area contributed by atoms with Crippen molar-refractivity contribution in [3.05, 3.63) is 39.8 Å². The van der Waals surface area contributed by atoms with E-state index in [9.17, 15) is 9.59 Å². The summed E-state index contributed by atoms with van der Waals surface area (Å²) in [7, 11) is 0. The molecule has 21 heavy (non-hydrogen) atoms. The molecule has 0 unspecified atom stereocenters. The predicted octanol–water partition coefficient (Wildman–Crippen LogP) is 2.54. The molecule has 0 atom stereocenters. The summed E-state index contributed by atoms with van der Waals surface area (Å²) in [6, 6.07) is 3.50. The van der Waals surface area contributed by atoms with Crippen molar-refractivity contribution in [1.29, 1.82) is 0 Å². The number of hydrogen-bond acceptors (Lipinski definition) is 4. The fourth-order valence-corrected chi connectivity index (χ4v) is 2.25. The molecule has 5 heteroatoms. The van der Waals surface area contributed by atoms with E-state index >= 15 is 0 Å². The van der Waals surface area contributed by atoms with Gasteiger partial charge in [-0.1, -0.05) is 13.8 Å². The Labute approximate surface area is 123 Å². The average molecular weight is 288 g/mol. The summed E-state index contributed by atoms with van der Waals surface area (Å²) >= 11 is 0. The van der Waals surface area contributed by atoms with Crippen molar-refractivity contribution in [3.63, 3.8) is 0 Å². The smallest absolute Gasteiger partial charge is 0.343 e. The SMILES string of the molecule is CCOC(=O)c1cn(CC(C)C)c2nc(C)ccc2c1=O. The number of carbonyl (C=O) groups is 1. The van der Waals surface area contributed by atoms with Gasteiger partial charge in [-0.15, -0.1) is 0 Å². The maximum Gasteiger partial charge on any atom is 0.343 e. The van der Waals surface area contributed by atoms with E-state index in [-0.39, 0.29) is 17.6 Å². The van der Waals surface area contributed by atoms with Gasteiger partial charge >= 0.3 is 5.97 Å². The molecule has 2 heterocycles. The molecule has 112 valence electrons. The number of pyridine rings is 2. The zero-order chi connectivity index (χ0) is 15.6. The minimum Gasteiger partial charge on any atom is -0.462 e. The van der Waals surface area contributed by atoms with E-state index in [0.717, 1.165) is 5.69 Å². The maximum atomic E-state index is 12.4. The molecule has 2 aromatic heterocycles. The Kier molecular flexibility index (Phi) is 4.40. The number of hydrogen-bond donors (Lipinski definition) is 0. The van der Waals surface area contributed by atoms with Crippen LogP contribution < -0.4 is 5.43 Å². The number of fused-ring (bicyclic) bond motifs is 1. The van der Waals surface area contributed by atoms with Crippen molar-refractivity contribution >= 4 is 17.0 Å². The van der Waals surface area contributed by atoms with Gasteiger partial charge in [0.05, 0.1) is 12.0 Å². The highest BCUT2D eigenvalue weighted by Gasteiger charge is 2.17. The van der Waals surface area contributed by atoms with Gasteiger partial charge in [0.25, 0.3) is 0 Å². The molecule has 0 aliphatic carbocycles. The Morgan fingerprint density at radius 1 is 1.38 bits per heavy atom. The van der Waals surface area contributed by atoms with Gasteiger partial charge in [0.2, 0.25) is 5.43 Å². The van der Waals surface area contributed by atoms with Crippen molar-refractivity contribution < 1.29 is 9.53 Å². The summed E-state index contributed by atoms with van der Waals surface area (Å²) in [5, 5.41) is 0.451. The first kappa shape index (κ1) is 15.2. The minimum atomic E-state index is -0.581. The van der Waals surface area contributed by atoms with Gasteiger partial charge in [-0.25, -0.2) is 9.78 Å². The standard InChI is InChI=1S/C16H20N2O3/c1-5-21-16(20)13-9-18(8-10(2)3)15-12(14(13)19)7-6-11(4)17-15/h6-7,9-10H,5,8H2,1-4H3. The third-order valence-corrected chi connectivity index (χ3v) is 3.12. The molecular formula is C16H20N2O3.